The number of aliphatic imine (C=N–C) groups is 1. The van der Waals surface area contributed by atoms with Crippen molar-refractivity contribution >= 4 is 17.3 Å². The molecule has 0 saturated heterocycles. The van der Waals surface area contributed by atoms with Crippen molar-refractivity contribution < 1.29 is 9.47 Å². The van der Waals surface area contributed by atoms with Gasteiger partial charge in [0, 0.05) is 11.9 Å². The van der Waals surface area contributed by atoms with Crippen LogP contribution in [-0.4, -0.2) is 32.8 Å². The number of nitrogens with one attached hydrogen (secondary N) is 2. The number of rotatable bonds is 7. The van der Waals surface area contributed by atoms with E-state index in [0.717, 1.165) is 17.5 Å². The zero-order valence-electron chi connectivity index (χ0n) is 14.6. The molecule has 0 saturated carbocycles. The molecule has 6 heteroatoms. The number of hydrogen-bond donors (Lipinski definition) is 2. The average molecular weight is 347 g/mol. The fourth-order valence-corrected chi connectivity index (χ4v) is 2.91. The maximum absolute atomic E-state index is 5.89. The van der Waals surface area contributed by atoms with Crippen LogP contribution in [0.25, 0.3) is 0 Å². The number of nitrogens with zero attached hydrogens (tertiary/aromatic N) is 1. The predicted molar refractivity (Wildman–Crippen MR) is 100 cm³/mol. The van der Waals surface area contributed by atoms with E-state index in [4.69, 9.17) is 9.47 Å². The van der Waals surface area contributed by atoms with Gasteiger partial charge in [0.2, 0.25) is 0 Å². The molecule has 0 amide bonds. The van der Waals surface area contributed by atoms with Crippen LogP contribution in [0.1, 0.15) is 24.8 Å². The molecule has 2 atom stereocenters. The highest BCUT2D eigenvalue weighted by Gasteiger charge is 2.10. The van der Waals surface area contributed by atoms with Crippen LogP contribution in [0.3, 0.4) is 0 Å². The van der Waals surface area contributed by atoms with Crippen LogP contribution in [0, 0.1) is 0 Å². The van der Waals surface area contributed by atoms with Gasteiger partial charge in [-0.25, -0.2) is 0 Å². The van der Waals surface area contributed by atoms with E-state index in [1.54, 1.807) is 25.5 Å². The fourth-order valence-electron chi connectivity index (χ4n) is 2.18. The van der Waals surface area contributed by atoms with Gasteiger partial charge in [-0.3, -0.25) is 4.99 Å². The molecule has 0 aliphatic rings. The summed E-state index contributed by atoms with van der Waals surface area (Å²) in [6, 6.07) is 12.0. The van der Waals surface area contributed by atoms with E-state index in [1.165, 1.54) is 4.88 Å². The van der Waals surface area contributed by atoms with Gasteiger partial charge in [-0.15, -0.1) is 11.3 Å². The van der Waals surface area contributed by atoms with Crippen molar-refractivity contribution in [3.8, 4) is 11.5 Å². The summed E-state index contributed by atoms with van der Waals surface area (Å²) in [5.74, 6) is 2.40. The topological polar surface area (TPSA) is 54.9 Å². The van der Waals surface area contributed by atoms with Crippen LogP contribution in [0.4, 0.5) is 0 Å². The van der Waals surface area contributed by atoms with Crippen molar-refractivity contribution in [1.29, 1.82) is 0 Å². The highest BCUT2D eigenvalue weighted by molar-refractivity contribution is 7.10. The molecular formula is C18H25N3O2S. The van der Waals surface area contributed by atoms with Crippen LogP contribution in [0.2, 0.25) is 0 Å². The number of thiophene rings is 1. The molecular weight excluding hydrogens is 322 g/mol. The first kappa shape index (κ1) is 18.1. The van der Waals surface area contributed by atoms with Gasteiger partial charge in [0.05, 0.1) is 19.7 Å². The van der Waals surface area contributed by atoms with Gasteiger partial charge < -0.3 is 20.1 Å². The Bertz CT molecular complexity index is 626. The summed E-state index contributed by atoms with van der Waals surface area (Å²) < 4.78 is 11.0. The highest BCUT2D eigenvalue weighted by atomic mass is 32.1. The molecule has 5 nitrogen and oxygen atoms in total. The van der Waals surface area contributed by atoms with Gasteiger partial charge in [-0.1, -0.05) is 6.07 Å². The highest BCUT2D eigenvalue weighted by Crippen LogP contribution is 2.19. The summed E-state index contributed by atoms with van der Waals surface area (Å²) in [5, 5.41) is 8.76. The third-order valence-electron chi connectivity index (χ3n) is 3.50. The number of guanidine groups is 1. The lowest BCUT2D eigenvalue weighted by Gasteiger charge is -2.20. The van der Waals surface area contributed by atoms with E-state index in [1.807, 2.05) is 31.2 Å². The van der Waals surface area contributed by atoms with Crippen molar-refractivity contribution in [2.45, 2.75) is 26.0 Å². The van der Waals surface area contributed by atoms with Crippen molar-refractivity contribution in [3.05, 3.63) is 46.7 Å². The first-order valence-electron chi connectivity index (χ1n) is 7.93. The number of benzene rings is 1. The van der Waals surface area contributed by atoms with Gasteiger partial charge in [-0.05, 0) is 49.6 Å². The summed E-state index contributed by atoms with van der Waals surface area (Å²) in [6.07, 6.45) is 0.00832. The largest absolute Gasteiger partial charge is 0.497 e. The SMILES string of the molecule is CN=C(NCC(C)Oc1ccc(OC)cc1)NC(C)c1cccs1. The summed E-state index contributed by atoms with van der Waals surface area (Å²) >= 11 is 1.73. The van der Waals surface area contributed by atoms with Crippen molar-refractivity contribution in [2.75, 3.05) is 20.7 Å². The van der Waals surface area contributed by atoms with E-state index in [-0.39, 0.29) is 12.1 Å². The first-order chi connectivity index (χ1) is 11.6. The Morgan fingerprint density at radius 2 is 1.88 bits per heavy atom. The maximum Gasteiger partial charge on any atom is 0.191 e. The molecule has 2 rings (SSSR count). The molecule has 0 radical (unpaired) electrons. The molecule has 24 heavy (non-hydrogen) atoms. The molecule has 0 spiro atoms. The smallest absolute Gasteiger partial charge is 0.191 e. The van der Waals surface area contributed by atoms with Gasteiger partial charge in [-0.2, -0.15) is 0 Å². The molecule has 2 unspecified atom stereocenters. The van der Waals surface area contributed by atoms with E-state index in [0.29, 0.717) is 6.54 Å². The second kappa shape index (κ2) is 9.17. The quantitative estimate of drug-likeness (QED) is 0.595. The predicted octanol–water partition coefficient (Wildman–Crippen LogP) is 3.45. The lowest BCUT2D eigenvalue weighted by atomic mass is 10.3. The summed E-state index contributed by atoms with van der Waals surface area (Å²) in [5.41, 5.74) is 0. The fraction of sp³-hybridized carbons (Fsp3) is 0.389. The molecule has 0 bridgehead atoms. The maximum atomic E-state index is 5.89. The zero-order valence-corrected chi connectivity index (χ0v) is 15.4. The molecule has 1 aromatic carbocycles. The Kier molecular flexibility index (Phi) is 6.93. The molecule has 2 N–H and O–H groups in total. The van der Waals surface area contributed by atoms with Crippen LogP contribution in [0.5, 0.6) is 11.5 Å². The molecule has 1 heterocycles. The molecule has 2 aromatic rings. The Morgan fingerprint density at radius 3 is 2.46 bits per heavy atom. The lowest BCUT2D eigenvalue weighted by Crippen LogP contribution is -2.42. The van der Waals surface area contributed by atoms with E-state index in [9.17, 15) is 0 Å². The monoisotopic (exact) mass is 347 g/mol. The third kappa shape index (κ3) is 5.45. The molecule has 0 aliphatic carbocycles. The Labute approximate surface area is 147 Å². The standard InChI is InChI=1S/C18H25N3O2S/c1-13(23-16-9-7-15(22-4)8-10-16)12-20-18(19-3)21-14(2)17-6-5-11-24-17/h5-11,13-14H,12H2,1-4H3,(H2,19,20,21). The lowest BCUT2D eigenvalue weighted by molar-refractivity contribution is 0.223. The number of ether oxygens (including phenoxy) is 2. The van der Waals surface area contributed by atoms with Crippen molar-refractivity contribution in [2.24, 2.45) is 4.99 Å². The Hall–Kier alpha value is -2.21. The molecule has 1 aromatic heterocycles. The minimum atomic E-state index is 0.00832. The number of hydrogen-bond acceptors (Lipinski definition) is 4. The van der Waals surface area contributed by atoms with Gasteiger partial charge >= 0.3 is 0 Å². The number of methoxy groups -OCH3 is 1. The normalized spacial score (nSPS) is 13.9. The average Bonchev–Trinajstić information content (AvgIpc) is 3.14. The van der Waals surface area contributed by atoms with Gasteiger partial charge in [0.1, 0.15) is 17.6 Å². The van der Waals surface area contributed by atoms with Crippen LogP contribution in [-0.2, 0) is 0 Å². The summed E-state index contributed by atoms with van der Waals surface area (Å²) in [4.78, 5) is 5.54. The van der Waals surface area contributed by atoms with Gasteiger partial charge in [0.25, 0.3) is 0 Å². The summed E-state index contributed by atoms with van der Waals surface area (Å²) in [6.45, 7) is 4.80. The van der Waals surface area contributed by atoms with Crippen LogP contribution >= 0.6 is 11.3 Å². The molecule has 0 fully saturated rings. The van der Waals surface area contributed by atoms with Gasteiger partial charge in [0.15, 0.2) is 5.96 Å². The second-order valence-corrected chi connectivity index (χ2v) is 6.42. The van der Waals surface area contributed by atoms with E-state index in [2.05, 4.69) is 40.1 Å². The second-order valence-electron chi connectivity index (χ2n) is 5.44. The Balaban J connectivity index is 1.79. The van der Waals surface area contributed by atoms with Crippen molar-refractivity contribution in [3.63, 3.8) is 0 Å². The van der Waals surface area contributed by atoms with Crippen LogP contribution < -0.4 is 20.1 Å². The first-order valence-corrected chi connectivity index (χ1v) is 8.81. The van der Waals surface area contributed by atoms with Crippen molar-refractivity contribution in [1.82, 2.24) is 10.6 Å². The van der Waals surface area contributed by atoms with E-state index < -0.39 is 0 Å². The minimum Gasteiger partial charge on any atom is -0.497 e. The molecule has 0 aliphatic heterocycles. The van der Waals surface area contributed by atoms with Crippen LogP contribution in [0.15, 0.2) is 46.8 Å². The molecule has 130 valence electrons. The minimum absolute atomic E-state index is 0.00832. The Morgan fingerprint density at radius 1 is 1.17 bits per heavy atom. The third-order valence-corrected chi connectivity index (χ3v) is 4.56. The van der Waals surface area contributed by atoms with E-state index >= 15 is 0 Å². The summed E-state index contributed by atoms with van der Waals surface area (Å²) in [7, 11) is 3.42. The zero-order chi connectivity index (χ0) is 17.4.